The highest BCUT2D eigenvalue weighted by Crippen LogP contribution is 2.43. The van der Waals surface area contributed by atoms with Gasteiger partial charge in [0.15, 0.2) is 11.5 Å². The van der Waals surface area contributed by atoms with Crippen LogP contribution in [0.5, 0.6) is 11.5 Å². The summed E-state index contributed by atoms with van der Waals surface area (Å²) in [6.07, 6.45) is 0.963. The highest BCUT2D eigenvalue weighted by atomic mass is 32.2. The zero-order valence-corrected chi connectivity index (χ0v) is 19.4. The molecule has 1 aliphatic heterocycles. The summed E-state index contributed by atoms with van der Waals surface area (Å²) in [7, 11) is -2.36. The molecule has 0 spiro atoms. The molecular formula is C23H27N3O5S. The average Bonchev–Trinajstić information content (AvgIpc) is 3.35. The molecule has 0 radical (unpaired) electrons. The van der Waals surface area contributed by atoms with Crippen molar-refractivity contribution in [3.05, 3.63) is 47.0 Å². The fraction of sp³-hybridized carbons (Fsp3) is 0.348. The zero-order chi connectivity index (χ0) is 23.0. The molecule has 1 aromatic heterocycles. The van der Waals surface area contributed by atoms with Gasteiger partial charge in [-0.05, 0) is 42.9 Å². The molecule has 0 fully saturated rings. The van der Waals surface area contributed by atoms with Crippen molar-refractivity contribution in [1.82, 2.24) is 15.2 Å². The lowest BCUT2D eigenvalue weighted by Gasteiger charge is -2.17. The Morgan fingerprint density at radius 3 is 2.53 bits per heavy atom. The SMILES string of the molecule is CCN(CC)Cc1ccc2[nH]c(-c3cc(OC)c(OS(C)(=O)=O)c4c3C(=O)NC4)cc2c1. The van der Waals surface area contributed by atoms with Crippen LogP contribution < -0.4 is 14.2 Å². The van der Waals surface area contributed by atoms with Gasteiger partial charge in [0, 0.05) is 40.8 Å². The van der Waals surface area contributed by atoms with Gasteiger partial charge in [0.1, 0.15) is 0 Å². The minimum Gasteiger partial charge on any atom is -0.493 e. The van der Waals surface area contributed by atoms with Crippen LogP contribution in [-0.4, -0.2) is 50.7 Å². The van der Waals surface area contributed by atoms with Gasteiger partial charge >= 0.3 is 10.1 Å². The quantitative estimate of drug-likeness (QED) is 0.504. The second kappa shape index (κ2) is 8.48. The van der Waals surface area contributed by atoms with Gasteiger partial charge < -0.3 is 19.2 Å². The third-order valence-electron chi connectivity index (χ3n) is 5.73. The Kier molecular flexibility index (Phi) is 5.87. The van der Waals surface area contributed by atoms with Crippen LogP contribution >= 0.6 is 0 Å². The van der Waals surface area contributed by atoms with E-state index >= 15 is 0 Å². The van der Waals surface area contributed by atoms with Crippen molar-refractivity contribution in [2.24, 2.45) is 0 Å². The first kappa shape index (κ1) is 22.2. The third kappa shape index (κ3) is 4.18. The minimum atomic E-state index is -3.80. The lowest BCUT2D eigenvalue weighted by atomic mass is 9.98. The number of amides is 1. The molecule has 0 unspecified atom stereocenters. The van der Waals surface area contributed by atoms with Crippen LogP contribution in [0.2, 0.25) is 0 Å². The predicted octanol–water partition coefficient (Wildman–Crippen LogP) is 3.27. The standard InChI is InChI=1S/C23H27N3O5S/c1-5-26(6-2)13-14-7-8-18-15(9-14)10-19(25-18)16-11-20(30-3)22(31-32(4,28)29)17-12-24-23(27)21(16)17/h7-11,25H,5-6,12-13H2,1-4H3,(H,24,27). The number of carbonyl (C=O) groups excluding carboxylic acids is 1. The van der Waals surface area contributed by atoms with Crippen molar-refractivity contribution in [3.63, 3.8) is 0 Å². The van der Waals surface area contributed by atoms with Crippen molar-refractivity contribution in [3.8, 4) is 22.8 Å². The zero-order valence-electron chi connectivity index (χ0n) is 18.6. The number of methoxy groups -OCH3 is 1. The van der Waals surface area contributed by atoms with E-state index in [4.69, 9.17) is 8.92 Å². The largest absolute Gasteiger partial charge is 0.493 e. The number of aromatic nitrogens is 1. The van der Waals surface area contributed by atoms with E-state index in [0.717, 1.165) is 42.5 Å². The summed E-state index contributed by atoms with van der Waals surface area (Å²) in [5, 5.41) is 3.80. The molecule has 0 saturated heterocycles. The fourth-order valence-electron chi connectivity index (χ4n) is 4.12. The number of aromatic amines is 1. The Bertz CT molecular complexity index is 1290. The number of benzene rings is 2. The highest BCUT2D eigenvalue weighted by molar-refractivity contribution is 7.86. The van der Waals surface area contributed by atoms with Crippen LogP contribution in [0.15, 0.2) is 30.3 Å². The second-order valence-corrected chi connectivity index (χ2v) is 9.42. The van der Waals surface area contributed by atoms with Crippen molar-refractivity contribution in [1.29, 1.82) is 0 Å². The molecule has 2 heterocycles. The summed E-state index contributed by atoms with van der Waals surface area (Å²) in [5.41, 5.74) is 4.40. The van der Waals surface area contributed by atoms with Crippen LogP contribution in [0.3, 0.4) is 0 Å². The van der Waals surface area contributed by atoms with Crippen molar-refractivity contribution < 1.29 is 22.1 Å². The molecule has 4 rings (SSSR count). The lowest BCUT2D eigenvalue weighted by Crippen LogP contribution is -2.21. The first-order chi connectivity index (χ1) is 15.2. The van der Waals surface area contributed by atoms with E-state index in [-0.39, 0.29) is 24.0 Å². The maximum absolute atomic E-state index is 12.7. The van der Waals surface area contributed by atoms with Gasteiger partial charge in [0.2, 0.25) is 0 Å². The topological polar surface area (TPSA) is 101 Å². The molecule has 170 valence electrons. The minimum absolute atomic E-state index is 0.0460. The van der Waals surface area contributed by atoms with Crippen LogP contribution in [-0.2, 0) is 23.2 Å². The molecule has 9 heteroatoms. The summed E-state index contributed by atoms with van der Waals surface area (Å²) in [6, 6.07) is 9.93. The molecule has 1 amide bonds. The van der Waals surface area contributed by atoms with Gasteiger partial charge in [-0.15, -0.1) is 0 Å². The van der Waals surface area contributed by atoms with Crippen LogP contribution in [0.1, 0.15) is 35.3 Å². The normalized spacial score (nSPS) is 13.5. The Labute approximate surface area is 187 Å². The second-order valence-electron chi connectivity index (χ2n) is 7.85. The average molecular weight is 458 g/mol. The van der Waals surface area contributed by atoms with Crippen molar-refractivity contribution in [2.45, 2.75) is 26.9 Å². The monoisotopic (exact) mass is 457 g/mol. The number of carbonyl (C=O) groups is 1. The van der Waals surface area contributed by atoms with E-state index in [1.807, 2.05) is 12.1 Å². The molecule has 0 atom stereocenters. The van der Waals surface area contributed by atoms with E-state index in [0.29, 0.717) is 16.7 Å². The highest BCUT2D eigenvalue weighted by Gasteiger charge is 2.31. The lowest BCUT2D eigenvalue weighted by molar-refractivity contribution is 0.0966. The van der Waals surface area contributed by atoms with E-state index in [1.54, 1.807) is 6.07 Å². The Hall–Kier alpha value is -3.04. The Balaban J connectivity index is 1.83. The number of nitrogens with one attached hydrogen (secondary N) is 2. The molecule has 2 N–H and O–H groups in total. The fourth-order valence-corrected chi connectivity index (χ4v) is 4.60. The van der Waals surface area contributed by atoms with Crippen LogP contribution in [0.4, 0.5) is 0 Å². The summed E-state index contributed by atoms with van der Waals surface area (Å²) in [6.45, 7) is 7.29. The smallest absolute Gasteiger partial charge is 0.306 e. The molecule has 0 bridgehead atoms. The number of ether oxygens (including phenoxy) is 1. The van der Waals surface area contributed by atoms with Gasteiger partial charge in [-0.3, -0.25) is 9.69 Å². The van der Waals surface area contributed by atoms with E-state index in [9.17, 15) is 13.2 Å². The molecule has 0 aliphatic carbocycles. The van der Waals surface area contributed by atoms with Crippen molar-refractivity contribution >= 4 is 26.9 Å². The molecule has 0 saturated carbocycles. The third-order valence-corrected chi connectivity index (χ3v) is 6.20. The van der Waals surface area contributed by atoms with Gasteiger partial charge in [-0.2, -0.15) is 8.42 Å². The molecular weight excluding hydrogens is 430 g/mol. The summed E-state index contributed by atoms with van der Waals surface area (Å²) < 4.78 is 34.2. The number of fused-ring (bicyclic) bond motifs is 2. The molecule has 3 aromatic rings. The molecule has 8 nitrogen and oxygen atoms in total. The Morgan fingerprint density at radius 2 is 1.88 bits per heavy atom. The Morgan fingerprint density at radius 1 is 1.12 bits per heavy atom. The van der Waals surface area contributed by atoms with Gasteiger partial charge in [0.25, 0.3) is 5.91 Å². The summed E-state index contributed by atoms with van der Waals surface area (Å²) in [4.78, 5) is 18.4. The maximum atomic E-state index is 12.7. The number of rotatable bonds is 8. The number of H-pyrrole nitrogens is 1. The molecule has 32 heavy (non-hydrogen) atoms. The van der Waals surface area contributed by atoms with Crippen molar-refractivity contribution in [2.75, 3.05) is 26.5 Å². The number of hydrogen-bond acceptors (Lipinski definition) is 6. The van der Waals surface area contributed by atoms with Crippen LogP contribution in [0, 0.1) is 0 Å². The predicted molar refractivity (Wildman–Crippen MR) is 124 cm³/mol. The number of hydrogen-bond donors (Lipinski definition) is 2. The maximum Gasteiger partial charge on any atom is 0.306 e. The van der Waals surface area contributed by atoms with E-state index in [2.05, 4.69) is 41.2 Å². The first-order valence-electron chi connectivity index (χ1n) is 10.5. The molecule has 1 aliphatic rings. The van der Waals surface area contributed by atoms with E-state index in [1.165, 1.54) is 12.7 Å². The first-order valence-corrected chi connectivity index (χ1v) is 12.3. The summed E-state index contributed by atoms with van der Waals surface area (Å²) >= 11 is 0. The number of nitrogens with zero attached hydrogens (tertiary/aromatic N) is 1. The van der Waals surface area contributed by atoms with Gasteiger partial charge in [-0.25, -0.2) is 0 Å². The summed E-state index contributed by atoms with van der Waals surface area (Å²) in [5.74, 6) is 0.0168. The van der Waals surface area contributed by atoms with Gasteiger partial charge in [-0.1, -0.05) is 19.9 Å². The van der Waals surface area contributed by atoms with E-state index < -0.39 is 10.1 Å². The van der Waals surface area contributed by atoms with Crippen LogP contribution in [0.25, 0.3) is 22.2 Å². The molecule has 2 aromatic carbocycles. The van der Waals surface area contributed by atoms with Gasteiger partial charge in [0.05, 0.1) is 18.9 Å².